The van der Waals surface area contributed by atoms with Crippen LogP contribution in [0.25, 0.3) is 6.08 Å². The van der Waals surface area contributed by atoms with Crippen LogP contribution < -0.4 is 10.6 Å². The minimum atomic E-state index is -0.315. The molecular weight excluding hydrogens is 360 g/mol. The average molecular weight is 384 g/mol. The van der Waals surface area contributed by atoms with Gasteiger partial charge in [-0.2, -0.15) is 0 Å². The van der Waals surface area contributed by atoms with Gasteiger partial charge in [-0.3, -0.25) is 9.59 Å². The third kappa shape index (κ3) is 6.18. The molecule has 0 saturated heterocycles. The standard InChI is InChI=1S/C25H24N2O2/c1-19-12-14-22(15-13-19)24(28)27-23(18-21-10-6-3-7-11-21)25(29)26-17-16-20-8-4-2-5-9-20/h2-15,18H,16-17H2,1H3,(H,26,29)(H,27,28)/b23-18-. The van der Waals surface area contributed by atoms with E-state index in [1.165, 1.54) is 0 Å². The summed E-state index contributed by atoms with van der Waals surface area (Å²) in [4.78, 5) is 25.4. The van der Waals surface area contributed by atoms with Crippen molar-refractivity contribution in [2.45, 2.75) is 13.3 Å². The Morgan fingerprint density at radius 3 is 2.10 bits per heavy atom. The van der Waals surface area contributed by atoms with E-state index in [9.17, 15) is 9.59 Å². The molecule has 0 atom stereocenters. The highest BCUT2D eigenvalue weighted by Gasteiger charge is 2.14. The molecule has 4 nitrogen and oxygen atoms in total. The monoisotopic (exact) mass is 384 g/mol. The molecule has 0 aliphatic rings. The van der Waals surface area contributed by atoms with Gasteiger partial charge in [0.05, 0.1) is 0 Å². The summed E-state index contributed by atoms with van der Waals surface area (Å²) in [6.07, 6.45) is 2.40. The van der Waals surface area contributed by atoms with Gasteiger partial charge in [-0.15, -0.1) is 0 Å². The predicted octanol–water partition coefficient (Wildman–Crippen LogP) is 4.12. The van der Waals surface area contributed by atoms with Gasteiger partial charge in [0, 0.05) is 12.1 Å². The molecule has 4 heteroatoms. The maximum atomic E-state index is 12.8. The van der Waals surface area contributed by atoms with Gasteiger partial charge >= 0.3 is 0 Å². The second-order valence-corrected chi connectivity index (χ2v) is 6.78. The van der Waals surface area contributed by atoms with Gasteiger partial charge in [-0.05, 0) is 42.7 Å². The summed E-state index contributed by atoms with van der Waals surface area (Å²) in [5.74, 6) is -0.629. The zero-order chi connectivity index (χ0) is 20.5. The van der Waals surface area contributed by atoms with Crippen molar-refractivity contribution >= 4 is 17.9 Å². The quantitative estimate of drug-likeness (QED) is 0.602. The van der Waals surface area contributed by atoms with E-state index < -0.39 is 0 Å². The first-order chi connectivity index (χ1) is 14.1. The molecule has 0 saturated carbocycles. The molecule has 0 spiro atoms. The molecule has 3 rings (SSSR count). The molecule has 0 aromatic heterocycles. The molecule has 3 aromatic rings. The molecule has 2 N–H and O–H groups in total. The zero-order valence-electron chi connectivity index (χ0n) is 16.4. The number of benzene rings is 3. The van der Waals surface area contributed by atoms with Crippen LogP contribution in [0.2, 0.25) is 0 Å². The van der Waals surface area contributed by atoms with Gasteiger partial charge in [-0.1, -0.05) is 78.4 Å². The molecule has 2 amide bonds. The van der Waals surface area contributed by atoms with Crippen LogP contribution >= 0.6 is 0 Å². The Bertz CT molecular complexity index is 978. The molecule has 0 radical (unpaired) electrons. The molecule has 0 fully saturated rings. The largest absolute Gasteiger partial charge is 0.350 e. The van der Waals surface area contributed by atoms with Crippen LogP contribution in [0.3, 0.4) is 0 Å². The zero-order valence-corrected chi connectivity index (χ0v) is 16.4. The molecular formula is C25H24N2O2. The normalized spacial score (nSPS) is 11.0. The number of nitrogens with one attached hydrogen (secondary N) is 2. The lowest BCUT2D eigenvalue weighted by molar-refractivity contribution is -0.117. The Morgan fingerprint density at radius 2 is 1.45 bits per heavy atom. The van der Waals surface area contributed by atoms with Gasteiger partial charge in [0.15, 0.2) is 0 Å². The van der Waals surface area contributed by atoms with Crippen LogP contribution in [0.5, 0.6) is 0 Å². The van der Waals surface area contributed by atoms with Crippen LogP contribution in [0.15, 0.2) is 90.6 Å². The molecule has 0 unspecified atom stereocenters. The molecule has 3 aromatic carbocycles. The highest BCUT2D eigenvalue weighted by molar-refractivity contribution is 6.05. The van der Waals surface area contributed by atoms with Gasteiger partial charge < -0.3 is 10.6 Å². The van der Waals surface area contributed by atoms with Crippen molar-refractivity contribution in [1.29, 1.82) is 0 Å². The SMILES string of the molecule is Cc1ccc(C(=O)N/C(=C\c2ccccc2)C(=O)NCCc2ccccc2)cc1. The van der Waals surface area contributed by atoms with Crippen LogP contribution in [-0.2, 0) is 11.2 Å². The Kier molecular flexibility index (Phi) is 6.95. The van der Waals surface area contributed by atoms with E-state index in [1.54, 1.807) is 18.2 Å². The topological polar surface area (TPSA) is 58.2 Å². The third-order valence-corrected chi connectivity index (χ3v) is 4.46. The van der Waals surface area contributed by atoms with E-state index in [4.69, 9.17) is 0 Å². The van der Waals surface area contributed by atoms with E-state index in [2.05, 4.69) is 10.6 Å². The summed E-state index contributed by atoms with van der Waals surface area (Å²) >= 11 is 0. The number of amides is 2. The minimum absolute atomic E-state index is 0.217. The average Bonchev–Trinajstić information content (AvgIpc) is 2.75. The summed E-state index contributed by atoms with van der Waals surface area (Å²) in [7, 11) is 0. The van der Waals surface area contributed by atoms with Crippen molar-refractivity contribution in [3.63, 3.8) is 0 Å². The van der Waals surface area contributed by atoms with Crippen molar-refractivity contribution in [1.82, 2.24) is 10.6 Å². The highest BCUT2D eigenvalue weighted by Crippen LogP contribution is 2.08. The van der Waals surface area contributed by atoms with Crippen LogP contribution in [0.4, 0.5) is 0 Å². The first kappa shape index (κ1) is 20.1. The maximum absolute atomic E-state index is 12.8. The first-order valence-electron chi connectivity index (χ1n) is 9.59. The van der Waals surface area contributed by atoms with Crippen molar-refractivity contribution in [2.75, 3.05) is 6.54 Å². The lowest BCUT2D eigenvalue weighted by atomic mass is 10.1. The second kappa shape index (κ2) is 10.0. The Labute approximate surface area is 171 Å². The van der Waals surface area contributed by atoms with Gasteiger partial charge in [-0.25, -0.2) is 0 Å². The van der Waals surface area contributed by atoms with Crippen molar-refractivity contribution in [3.8, 4) is 0 Å². The highest BCUT2D eigenvalue weighted by atomic mass is 16.2. The van der Waals surface area contributed by atoms with Crippen molar-refractivity contribution in [2.24, 2.45) is 0 Å². The predicted molar refractivity (Wildman–Crippen MR) is 116 cm³/mol. The maximum Gasteiger partial charge on any atom is 0.267 e. The molecule has 0 aliphatic carbocycles. The molecule has 0 heterocycles. The summed E-state index contributed by atoms with van der Waals surface area (Å²) in [5.41, 5.74) is 3.77. The second-order valence-electron chi connectivity index (χ2n) is 6.78. The Morgan fingerprint density at radius 1 is 0.828 bits per heavy atom. The number of rotatable bonds is 7. The Hall–Kier alpha value is -3.66. The van der Waals surface area contributed by atoms with Gasteiger partial charge in [0.1, 0.15) is 5.70 Å². The molecule has 146 valence electrons. The summed E-state index contributed by atoms with van der Waals surface area (Å²) in [6.45, 7) is 2.44. The van der Waals surface area contributed by atoms with Gasteiger partial charge in [0.25, 0.3) is 11.8 Å². The fraction of sp³-hybridized carbons (Fsp3) is 0.120. The third-order valence-electron chi connectivity index (χ3n) is 4.46. The number of aryl methyl sites for hydroxylation is 1. The van der Waals surface area contributed by atoms with E-state index in [0.29, 0.717) is 12.1 Å². The van der Waals surface area contributed by atoms with Crippen LogP contribution in [0, 0.1) is 6.92 Å². The smallest absolute Gasteiger partial charge is 0.267 e. The molecule has 29 heavy (non-hydrogen) atoms. The van der Waals surface area contributed by atoms with E-state index in [0.717, 1.165) is 23.1 Å². The van der Waals surface area contributed by atoms with E-state index in [1.807, 2.05) is 79.7 Å². The van der Waals surface area contributed by atoms with E-state index in [-0.39, 0.29) is 17.5 Å². The minimum Gasteiger partial charge on any atom is -0.350 e. The lowest BCUT2D eigenvalue weighted by Gasteiger charge is -2.11. The van der Waals surface area contributed by atoms with Crippen molar-refractivity contribution < 1.29 is 9.59 Å². The molecule has 0 bridgehead atoms. The van der Waals surface area contributed by atoms with Crippen molar-refractivity contribution in [3.05, 3.63) is 113 Å². The van der Waals surface area contributed by atoms with Crippen LogP contribution in [0.1, 0.15) is 27.0 Å². The molecule has 0 aliphatic heterocycles. The fourth-order valence-corrected chi connectivity index (χ4v) is 2.83. The number of carbonyl (C=O) groups is 2. The summed E-state index contributed by atoms with van der Waals surface area (Å²) in [5, 5.41) is 5.66. The number of hydrogen-bond acceptors (Lipinski definition) is 2. The first-order valence-corrected chi connectivity index (χ1v) is 9.59. The van der Waals surface area contributed by atoms with Crippen LogP contribution in [-0.4, -0.2) is 18.4 Å². The number of carbonyl (C=O) groups excluding carboxylic acids is 2. The van der Waals surface area contributed by atoms with Gasteiger partial charge in [0.2, 0.25) is 0 Å². The Balaban J connectivity index is 1.72. The van der Waals surface area contributed by atoms with E-state index >= 15 is 0 Å². The summed E-state index contributed by atoms with van der Waals surface area (Å²) in [6, 6.07) is 26.6. The lowest BCUT2D eigenvalue weighted by Crippen LogP contribution is -2.35. The number of hydrogen-bond donors (Lipinski definition) is 2. The summed E-state index contributed by atoms with van der Waals surface area (Å²) < 4.78 is 0. The fourth-order valence-electron chi connectivity index (χ4n) is 2.83.